The summed E-state index contributed by atoms with van der Waals surface area (Å²) in [6.07, 6.45) is 0. The van der Waals surface area contributed by atoms with Crippen LogP contribution in [0.4, 0.5) is 5.13 Å². The van der Waals surface area contributed by atoms with Crippen LogP contribution in [-0.4, -0.2) is 17.5 Å². The van der Waals surface area contributed by atoms with Crippen LogP contribution in [0.25, 0.3) is 22.4 Å². The fraction of sp³-hybridized carbons (Fsp3) is 0.0435. The molecule has 4 aromatic rings. The average molecular weight is 421 g/mol. The summed E-state index contributed by atoms with van der Waals surface area (Å²) in [7, 11) is 0. The fourth-order valence-electron chi connectivity index (χ4n) is 2.80. The highest BCUT2D eigenvalue weighted by Gasteiger charge is 2.10. The van der Waals surface area contributed by atoms with E-state index in [0.717, 1.165) is 22.4 Å². The molecular weight excluding hydrogens is 404 g/mol. The molecule has 0 spiro atoms. The first-order chi connectivity index (χ1) is 14.2. The number of hydrogen-bond acceptors (Lipinski definition) is 4. The zero-order chi connectivity index (χ0) is 20.1. The number of benzene rings is 3. The third kappa shape index (κ3) is 4.83. The van der Waals surface area contributed by atoms with E-state index in [2.05, 4.69) is 10.3 Å². The van der Waals surface area contributed by atoms with Crippen molar-refractivity contribution in [2.45, 2.75) is 0 Å². The number of carbonyl (C=O) groups excluding carboxylic acids is 1. The second-order valence-electron chi connectivity index (χ2n) is 6.24. The maximum absolute atomic E-state index is 12.2. The smallest absolute Gasteiger partial charge is 0.264 e. The number of nitrogens with one attached hydrogen (secondary N) is 1. The number of aromatic nitrogens is 1. The molecule has 1 heterocycles. The summed E-state index contributed by atoms with van der Waals surface area (Å²) in [6, 6.07) is 25.2. The summed E-state index contributed by atoms with van der Waals surface area (Å²) >= 11 is 7.54. The molecule has 0 fully saturated rings. The quantitative estimate of drug-likeness (QED) is 0.407. The van der Waals surface area contributed by atoms with Crippen molar-refractivity contribution in [1.82, 2.24) is 4.98 Å². The number of carbonyl (C=O) groups is 1. The third-order valence-electron chi connectivity index (χ3n) is 4.23. The standard InChI is InChI=1S/C23H17ClN2O2S/c24-20-9-5-4-8-19(20)21-15-29-23(25-21)26-22(27)14-28-18-12-10-17(11-13-18)16-6-2-1-3-7-16/h1-13,15H,14H2,(H,25,26,27). The summed E-state index contributed by atoms with van der Waals surface area (Å²) < 4.78 is 5.59. The molecule has 0 saturated carbocycles. The minimum Gasteiger partial charge on any atom is -0.484 e. The van der Waals surface area contributed by atoms with E-state index in [1.807, 2.05) is 84.2 Å². The second kappa shape index (κ2) is 8.90. The Morgan fingerprint density at radius 3 is 2.38 bits per heavy atom. The van der Waals surface area contributed by atoms with Gasteiger partial charge in [0.25, 0.3) is 5.91 Å². The molecule has 0 bridgehead atoms. The van der Waals surface area contributed by atoms with Gasteiger partial charge in [0.2, 0.25) is 0 Å². The molecule has 29 heavy (non-hydrogen) atoms. The normalized spacial score (nSPS) is 10.5. The van der Waals surface area contributed by atoms with Gasteiger partial charge in [0.1, 0.15) is 5.75 Å². The Morgan fingerprint density at radius 1 is 0.931 bits per heavy atom. The minimum atomic E-state index is -0.266. The molecule has 1 amide bonds. The van der Waals surface area contributed by atoms with Gasteiger partial charge in [-0.15, -0.1) is 11.3 Å². The lowest BCUT2D eigenvalue weighted by Crippen LogP contribution is -2.20. The summed E-state index contributed by atoms with van der Waals surface area (Å²) in [4.78, 5) is 16.6. The van der Waals surface area contributed by atoms with Gasteiger partial charge in [0.05, 0.1) is 5.69 Å². The van der Waals surface area contributed by atoms with Crippen LogP contribution in [0.3, 0.4) is 0 Å². The Kier molecular flexibility index (Phi) is 5.89. The topological polar surface area (TPSA) is 51.2 Å². The summed E-state index contributed by atoms with van der Waals surface area (Å²) in [5.41, 5.74) is 3.79. The number of rotatable bonds is 6. The summed E-state index contributed by atoms with van der Waals surface area (Å²) in [5.74, 6) is 0.368. The largest absolute Gasteiger partial charge is 0.484 e. The van der Waals surface area contributed by atoms with E-state index in [4.69, 9.17) is 16.3 Å². The predicted molar refractivity (Wildman–Crippen MR) is 119 cm³/mol. The van der Waals surface area contributed by atoms with Crippen LogP contribution in [-0.2, 0) is 4.79 Å². The van der Waals surface area contributed by atoms with Crippen LogP contribution in [0.1, 0.15) is 0 Å². The number of nitrogens with zero attached hydrogens (tertiary/aromatic N) is 1. The van der Waals surface area contributed by atoms with Crippen LogP contribution in [0.15, 0.2) is 84.2 Å². The van der Waals surface area contributed by atoms with Gasteiger partial charge in [-0.05, 0) is 29.3 Å². The van der Waals surface area contributed by atoms with Gasteiger partial charge >= 0.3 is 0 Å². The molecule has 0 unspecified atom stereocenters. The number of ether oxygens (including phenoxy) is 1. The van der Waals surface area contributed by atoms with Gasteiger partial charge in [-0.2, -0.15) is 0 Å². The monoisotopic (exact) mass is 420 g/mol. The van der Waals surface area contributed by atoms with Gasteiger partial charge in [0.15, 0.2) is 11.7 Å². The number of anilines is 1. The average Bonchev–Trinajstić information content (AvgIpc) is 3.22. The van der Waals surface area contributed by atoms with Gasteiger partial charge in [-0.1, -0.05) is 72.3 Å². The second-order valence-corrected chi connectivity index (χ2v) is 7.51. The van der Waals surface area contributed by atoms with Crippen LogP contribution in [0.2, 0.25) is 5.02 Å². The zero-order valence-electron chi connectivity index (χ0n) is 15.3. The summed E-state index contributed by atoms with van der Waals surface area (Å²) in [5, 5.41) is 5.75. The van der Waals surface area contributed by atoms with E-state index < -0.39 is 0 Å². The van der Waals surface area contributed by atoms with E-state index >= 15 is 0 Å². The Labute approximate surface area is 177 Å². The van der Waals surface area contributed by atoms with E-state index in [9.17, 15) is 4.79 Å². The predicted octanol–water partition coefficient (Wildman–Crippen LogP) is 6.15. The molecule has 3 aromatic carbocycles. The van der Waals surface area contributed by atoms with E-state index in [1.54, 1.807) is 0 Å². The van der Waals surface area contributed by atoms with Crippen molar-refractivity contribution in [2.24, 2.45) is 0 Å². The molecule has 4 rings (SSSR count). The SMILES string of the molecule is O=C(COc1ccc(-c2ccccc2)cc1)Nc1nc(-c2ccccc2Cl)cs1. The molecular formula is C23H17ClN2O2S. The number of amides is 1. The molecule has 0 aliphatic heterocycles. The minimum absolute atomic E-state index is 0.0916. The van der Waals surface area contributed by atoms with E-state index in [1.165, 1.54) is 11.3 Å². The molecule has 0 atom stereocenters. The third-order valence-corrected chi connectivity index (χ3v) is 5.32. The number of thiazole rings is 1. The van der Waals surface area contributed by atoms with Crippen LogP contribution >= 0.6 is 22.9 Å². The molecule has 0 aliphatic carbocycles. The molecule has 0 saturated heterocycles. The van der Waals surface area contributed by atoms with E-state index in [0.29, 0.717) is 15.9 Å². The number of halogens is 1. The highest BCUT2D eigenvalue weighted by atomic mass is 35.5. The zero-order valence-corrected chi connectivity index (χ0v) is 16.9. The molecule has 4 nitrogen and oxygen atoms in total. The summed E-state index contributed by atoms with van der Waals surface area (Å²) in [6.45, 7) is -0.0916. The van der Waals surface area contributed by atoms with Crippen molar-refractivity contribution < 1.29 is 9.53 Å². The number of hydrogen-bond donors (Lipinski definition) is 1. The Balaban J connectivity index is 1.33. The maximum Gasteiger partial charge on any atom is 0.264 e. The Bertz CT molecular complexity index is 1110. The van der Waals surface area contributed by atoms with Crippen LogP contribution in [0, 0.1) is 0 Å². The Morgan fingerprint density at radius 2 is 1.62 bits per heavy atom. The Hall–Kier alpha value is -3.15. The molecule has 0 aliphatic rings. The van der Waals surface area contributed by atoms with Crippen molar-refractivity contribution >= 4 is 34.0 Å². The van der Waals surface area contributed by atoms with Crippen molar-refractivity contribution in [3.05, 3.63) is 89.3 Å². The maximum atomic E-state index is 12.2. The lowest BCUT2D eigenvalue weighted by atomic mass is 10.1. The van der Waals surface area contributed by atoms with Gasteiger partial charge < -0.3 is 4.74 Å². The van der Waals surface area contributed by atoms with Crippen molar-refractivity contribution in [2.75, 3.05) is 11.9 Å². The van der Waals surface area contributed by atoms with Crippen molar-refractivity contribution in [3.8, 4) is 28.1 Å². The molecule has 144 valence electrons. The van der Waals surface area contributed by atoms with Gasteiger partial charge in [0, 0.05) is 16.0 Å². The molecule has 1 N–H and O–H groups in total. The molecule has 1 aromatic heterocycles. The highest BCUT2D eigenvalue weighted by molar-refractivity contribution is 7.14. The van der Waals surface area contributed by atoms with Gasteiger partial charge in [-0.25, -0.2) is 4.98 Å². The molecule has 6 heteroatoms. The molecule has 0 radical (unpaired) electrons. The van der Waals surface area contributed by atoms with Crippen molar-refractivity contribution in [3.63, 3.8) is 0 Å². The lowest BCUT2D eigenvalue weighted by molar-refractivity contribution is -0.118. The highest BCUT2D eigenvalue weighted by Crippen LogP contribution is 2.30. The van der Waals surface area contributed by atoms with E-state index in [-0.39, 0.29) is 12.5 Å². The lowest BCUT2D eigenvalue weighted by Gasteiger charge is -2.07. The first kappa shape index (κ1) is 19.2. The van der Waals surface area contributed by atoms with Crippen LogP contribution < -0.4 is 10.1 Å². The van der Waals surface area contributed by atoms with Crippen molar-refractivity contribution in [1.29, 1.82) is 0 Å². The van der Waals surface area contributed by atoms with Crippen LogP contribution in [0.5, 0.6) is 5.75 Å². The first-order valence-corrected chi connectivity index (χ1v) is 10.2. The first-order valence-electron chi connectivity index (χ1n) is 8.97. The fourth-order valence-corrected chi connectivity index (χ4v) is 3.76. The van der Waals surface area contributed by atoms with Gasteiger partial charge in [-0.3, -0.25) is 10.1 Å².